The highest BCUT2D eigenvalue weighted by Gasteiger charge is 2.10. The second-order valence-electron chi connectivity index (χ2n) is 3.39. The lowest BCUT2D eigenvalue weighted by atomic mass is 10.1. The van der Waals surface area contributed by atoms with Crippen molar-refractivity contribution in [3.05, 3.63) is 47.8 Å². The molecule has 0 aliphatic heterocycles. The molecule has 1 aromatic carbocycles. The summed E-state index contributed by atoms with van der Waals surface area (Å²) in [6.07, 6.45) is 2.84. The standard InChI is InChI=1S/C11H10FN3O2/c1-17-11(16)8-2-3-10(12)9(4-8)5-15-7-13-6-14-15/h2-4,6-7H,5H2,1H3. The summed E-state index contributed by atoms with van der Waals surface area (Å²) in [5.74, 6) is -0.891. The van der Waals surface area contributed by atoms with Gasteiger partial charge in [0.15, 0.2) is 0 Å². The molecule has 0 amide bonds. The van der Waals surface area contributed by atoms with Gasteiger partial charge in [-0.1, -0.05) is 0 Å². The summed E-state index contributed by atoms with van der Waals surface area (Å²) < 4.78 is 19.6. The zero-order chi connectivity index (χ0) is 12.3. The fourth-order valence-electron chi connectivity index (χ4n) is 1.43. The number of carbonyl (C=O) groups is 1. The molecular weight excluding hydrogens is 225 g/mol. The van der Waals surface area contributed by atoms with Crippen molar-refractivity contribution in [3.63, 3.8) is 0 Å². The van der Waals surface area contributed by atoms with Crippen molar-refractivity contribution in [1.29, 1.82) is 0 Å². The average molecular weight is 235 g/mol. The molecule has 1 heterocycles. The van der Waals surface area contributed by atoms with Gasteiger partial charge in [-0.25, -0.2) is 18.9 Å². The van der Waals surface area contributed by atoms with E-state index in [2.05, 4.69) is 14.8 Å². The van der Waals surface area contributed by atoms with Crippen molar-refractivity contribution in [3.8, 4) is 0 Å². The van der Waals surface area contributed by atoms with Crippen molar-refractivity contribution in [2.45, 2.75) is 6.54 Å². The first-order valence-electron chi connectivity index (χ1n) is 4.90. The lowest BCUT2D eigenvalue weighted by Crippen LogP contribution is -2.06. The molecule has 0 spiro atoms. The summed E-state index contributed by atoms with van der Waals surface area (Å²) in [6.45, 7) is 0.219. The topological polar surface area (TPSA) is 57.0 Å². The van der Waals surface area contributed by atoms with E-state index < -0.39 is 11.8 Å². The van der Waals surface area contributed by atoms with Crippen LogP contribution in [0.25, 0.3) is 0 Å². The maximum atomic E-state index is 13.5. The van der Waals surface area contributed by atoms with Crippen molar-refractivity contribution in [2.24, 2.45) is 0 Å². The molecule has 0 fully saturated rings. The van der Waals surface area contributed by atoms with E-state index >= 15 is 0 Å². The van der Waals surface area contributed by atoms with E-state index in [1.165, 1.54) is 42.6 Å². The van der Waals surface area contributed by atoms with Crippen molar-refractivity contribution in [1.82, 2.24) is 14.8 Å². The lowest BCUT2D eigenvalue weighted by molar-refractivity contribution is 0.0600. The Bertz CT molecular complexity index is 526. The van der Waals surface area contributed by atoms with Gasteiger partial charge >= 0.3 is 5.97 Å². The number of benzene rings is 1. The minimum atomic E-state index is -0.496. The molecule has 5 nitrogen and oxygen atoms in total. The second kappa shape index (κ2) is 4.73. The molecule has 0 saturated carbocycles. The molecule has 1 aromatic heterocycles. The van der Waals surface area contributed by atoms with E-state index in [-0.39, 0.29) is 6.54 Å². The van der Waals surface area contributed by atoms with Crippen LogP contribution in [0.2, 0.25) is 0 Å². The molecule has 0 aliphatic carbocycles. The Labute approximate surface area is 96.9 Å². The van der Waals surface area contributed by atoms with Crippen molar-refractivity contribution >= 4 is 5.97 Å². The number of ether oxygens (including phenoxy) is 1. The number of esters is 1. The van der Waals surface area contributed by atoms with Gasteiger partial charge in [0, 0.05) is 5.56 Å². The van der Waals surface area contributed by atoms with Gasteiger partial charge in [0.05, 0.1) is 19.2 Å². The van der Waals surface area contributed by atoms with Crippen LogP contribution in [-0.2, 0) is 11.3 Å². The number of carbonyl (C=O) groups excluding carboxylic acids is 1. The predicted octanol–water partition coefficient (Wildman–Crippen LogP) is 1.25. The van der Waals surface area contributed by atoms with Crippen molar-refractivity contribution < 1.29 is 13.9 Å². The minimum Gasteiger partial charge on any atom is -0.465 e. The second-order valence-corrected chi connectivity index (χ2v) is 3.39. The highest BCUT2D eigenvalue weighted by atomic mass is 19.1. The number of aromatic nitrogens is 3. The first kappa shape index (κ1) is 11.3. The Balaban J connectivity index is 2.29. The molecule has 0 atom stereocenters. The van der Waals surface area contributed by atoms with Crippen molar-refractivity contribution in [2.75, 3.05) is 7.11 Å². The Morgan fingerprint density at radius 3 is 3.00 bits per heavy atom. The zero-order valence-electron chi connectivity index (χ0n) is 9.13. The molecule has 2 rings (SSSR count). The summed E-state index contributed by atoms with van der Waals surface area (Å²) in [4.78, 5) is 15.1. The first-order chi connectivity index (χ1) is 8.20. The summed E-state index contributed by atoms with van der Waals surface area (Å²) in [6, 6.07) is 4.06. The molecule has 0 radical (unpaired) electrons. The monoisotopic (exact) mass is 235 g/mol. The van der Waals surface area contributed by atoms with E-state index in [4.69, 9.17) is 0 Å². The van der Waals surface area contributed by atoms with Crippen LogP contribution in [0.3, 0.4) is 0 Å². The summed E-state index contributed by atoms with van der Waals surface area (Å²) in [5.41, 5.74) is 0.669. The largest absolute Gasteiger partial charge is 0.465 e. The maximum absolute atomic E-state index is 13.5. The summed E-state index contributed by atoms with van der Waals surface area (Å²) in [5, 5.41) is 3.87. The number of hydrogen-bond donors (Lipinski definition) is 0. The third-order valence-corrected chi connectivity index (χ3v) is 2.27. The van der Waals surface area contributed by atoms with Crippen LogP contribution in [0.4, 0.5) is 4.39 Å². The van der Waals surface area contributed by atoms with E-state index in [1.807, 2.05) is 0 Å². The Hall–Kier alpha value is -2.24. The predicted molar refractivity (Wildman–Crippen MR) is 56.9 cm³/mol. The van der Waals surface area contributed by atoms with Crippen LogP contribution >= 0.6 is 0 Å². The molecule has 0 saturated heterocycles. The van der Waals surface area contributed by atoms with E-state index in [9.17, 15) is 9.18 Å². The number of methoxy groups -OCH3 is 1. The molecule has 0 unspecified atom stereocenters. The zero-order valence-corrected chi connectivity index (χ0v) is 9.13. The smallest absolute Gasteiger partial charge is 0.337 e. The van der Waals surface area contributed by atoms with E-state index in [0.717, 1.165) is 0 Å². The fraction of sp³-hybridized carbons (Fsp3) is 0.182. The highest BCUT2D eigenvalue weighted by Crippen LogP contribution is 2.12. The van der Waals surface area contributed by atoms with Gasteiger partial charge < -0.3 is 4.74 Å². The lowest BCUT2D eigenvalue weighted by Gasteiger charge is -2.05. The van der Waals surface area contributed by atoms with E-state index in [0.29, 0.717) is 11.1 Å². The summed E-state index contributed by atoms with van der Waals surface area (Å²) >= 11 is 0. The van der Waals surface area contributed by atoms with Gasteiger partial charge in [-0.2, -0.15) is 5.10 Å². The van der Waals surface area contributed by atoms with Gasteiger partial charge in [0.25, 0.3) is 0 Å². The molecule has 0 bridgehead atoms. The van der Waals surface area contributed by atoms with Crippen LogP contribution in [0.5, 0.6) is 0 Å². The van der Waals surface area contributed by atoms with Crippen LogP contribution in [0.15, 0.2) is 30.9 Å². The first-order valence-corrected chi connectivity index (χ1v) is 4.90. The highest BCUT2D eigenvalue weighted by molar-refractivity contribution is 5.89. The van der Waals surface area contributed by atoms with Gasteiger partial charge in [0.1, 0.15) is 18.5 Å². The number of rotatable bonds is 3. The quantitative estimate of drug-likeness (QED) is 0.751. The Morgan fingerprint density at radius 2 is 2.35 bits per heavy atom. The number of nitrogens with zero attached hydrogens (tertiary/aromatic N) is 3. The molecule has 2 aromatic rings. The Morgan fingerprint density at radius 1 is 1.53 bits per heavy atom. The SMILES string of the molecule is COC(=O)c1ccc(F)c(Cn2cncn2)c1. The number of hydrogen-bond acceptors (Lipinski definition) is 4. The van der Waals surface area contributed by atoms with Crippen LogP contribution < -0.4 is 0 Å². The summed E-state index contributed by atoms with van der Waals surface area (Å²) in [7, 11) is 1.28. The molecule has 0 N–H and O–H groups in total. The third-order valence-electron chi connectivity index (χ3n) is 2.27. The maximum Gasteiger partial charge on any atom is 0.337 e. The molecule has 17 heavy (non-hydrogen) atoms. The Kier molecular flexibility index (Phi) is 3.13. The molecule has 88 valence electrons. The normalized spacial score (nSPS) is 10.2. The fourth-order valence-corrected chi connectivity index (χ4v) is 1.43. The van der Waals surface area contributed by atoms with Crippen LogP contribution in [-0.4, -0.2) is 27.8 Å². The van der Waals surface area contributed by atoms with Gasteiger partial charge in [-0.15, -0.1) is 0 Å². The van der Waals surface area contributed by atoms with E-state index in [1.54, 1.807) is 0 Å². The van der Waals surface area contributed by atoms with Crippen LogP contribution in [0.1, 0.15) is 15.9 Å². The number of halogens is 1. The molecule has 0 aliphatic rings. The minimum absolute atomic E-state index is 0.219. The molecular formula is C11H10FN3O2. The third kappa shape index (κ3) is 2.47. The van der Waals surface area contributed by atoms with Gasteiger partial charge in [0.2, 0.25) is 0 Å². The van der Waals surface area contributed by atoms with Gasteiger partial charge in [-0.05, 0) is 18.2 Å². The average Bonchev–Trinajstić information content (AvgIpc) is 2.84. The van der Waals surface area contributed by atoms with Gasteiger partial charge in [-0.3, -0.25) is 0 Å². The molecule has 6 heteroatoms. The van der Waals surface area contributed by atoms with Crippen LogP contribution in [0, 0.1) is 5.82 Å².